The van der Waals surface area contributed by atoms with Gasteiger partial charge in [-0.25, -0.2) is 0 Å². The summed E-state index contributed by atoms with van der Waals surface area (Å²) in [5.41, 5.74) is 0.571. The number of likely N-dealkylation sites (tertiary alicyclic amines) is 1. The summed E-state index contributed by atoms with van der Waals surface area (Å²) < 4.78 is 1.79. The van der Waals surface area contributed by atoms with Gasteiger partial charge in [0, 0.05) is 25.2 Å². The van der Waals surface area contributed by atoms with Gasteiger partial charge in [-0.1, -0.05) is 12.2 Å². The molecule has 0 spiro atoms. The fraction of sp³-hybridized carbons (Fsp3) is 0.500. The lowest BCUT2D eigenvalue weighted by atomic mass is 9.91. The van der Waals surface area contributed by atoms with Gasteiger partial charge in [0.2, 0.25) is 5.91 Å². The Balaban J connectivity index is 1.56. The molecular formula is C14H16N4O. The molecule has 1 aromatic heterocycles. The van der Waals surface area contributed by atoms with Crippen LogP contribution in [0, 0.1) is 17.2 Å². The van der Waals surface area contributed by atoms with Crippen molar-refractivity contribution in [2.75, 3.05) is 13.1 Å². The van der Waals surface area contributed by atoms with Crippen molar-refractivity contribution in [3.63, 3.8) is 0 Å². The summed E-state index contributed by atoms with van der Waals surface area (Å²) in [7, 11) is 0. The first-order valence-corrected chi connectivity index (χ1v) is 6.66. The van der Waals surface area contributed by atoms with Gasteiger partial charge in [-0.2, -0.15) is 10.4 Å². The largest absolute Gasteiger partial charge is 0.338 e. The summed E-state index contributed by atoms with van der Waals surface area (Å²) in [6.07, 6.45) is 10.4. The Kier molecular flexibility index (Phi) is 3.08. The van der Waals surface area contributed by atoms with Crippen molar-refractivity contribution in [3.8, 4) is 6.07 Å². The van der Waals surface area contributed by atoms with Crippen LogP contribution < -0.4 is 0 Å². The maximum atomic E-state index is 12.2. The van der Waals surface area contributed by atoms with Crippen LogP contribution in [0.5, 0.6) is 0 Å². The molecule has 2 aliphatic rings. The second-order valence-electron chi connectivity index (χ2n) is 5.20. The van der Waals surface area contributed by atoms with Gasteiger partial charge in [0.25, 0.3) is 0 Å². The number of aromatic nitrogens is 2. The number of allylic oxidation sites excluding steroid dienone is 2. The minimum atomic E-state index is 0.165. The molecule has 5 heteroatoms. The van der Waals surface area contributed by atoms with Crippen molar-refractivity contribution in [3.05, 3.63) is 30.1 Å². The van der Waals surface area contributed by atoms with Gasteiger partial charge in [0.05, 0.1) is 17.8 Å². The number of hydrogen-bond acceptors (Lipinski definition) is 3. The average molecular weight is 256 g/mol. The highest BCUT2D eigenvalue weighted by molar-refractivity contribution is 5.80. The zero-order chi connectivity index (χ0) is 13.2. The van der Waals surface area contributed by atoms with Crippen LogP contribution in [0.3, 0.4) is 0 Å². The average Bonchev–Trinajstić information content (AvgIpc) is 2.86. The third-order valence-electron chi connectivity index (χ3n) is 3.90. The van der Waals surface area contributed by atoms with Crippen molar-refractivity contribution in [1.82, 2.24) is 14.7 Å². The first-order chi connectivity index (χ1) is 9.28. The fourth-order valence-corrected chi connectivity index (χ4v) is 2.67. The number of rotatable bonds is 2. The lowest BCUT2D eigenvalue weighted by Gasteiger charge is -2.41. The number of amides is 1. The molecule has 98 valence electrons. The molecule has 1 aliphatic heterocycles. The molecule has 1 atom stereocenters. The Morgan fingerprint density at radius 1 is 1.42 bits per heavy atom. The van der Waals surface area contributed by atoms with E-state index in [0.717, 1.165) is 19.3 Å². The molecule has 0 bridgehead atoms. The molecule has 1 amide bonds. The fourth-order valence-electron chi connectivity index (χ4n) is 2.67. The normalized spacial score (nSPS) is 22.9. The molecular weight excluding hydrogens is 240 g/mol. The number of carbonyl (C=O) groups excluding carboxylic acids is 1. The second kappa shape index (κ2) is 4.88. The van der Waals surface area contributed by atoms with Crippen LogP contribution in [0.25, 0.3) is 0 Å². The third kappa shape index (κ3) is 2.26. The maximum absolute atomic E-state index is 12.2. The number of hydrogen-bond donors (Lipinski definition) is 0. The Hall–Kier alpha value is -2.09. The minimum absolute atomic E-state index is 0.165. The molecule has 1 saturated heterocycles. The Labute approximate surface area is 112 Å². The predicted octanol–water partition coefficient (Wildman–Crippen LogP) is 1.49. The minimum Gasteiger partial charge on any atom is -0.338 e. The highest BCUT2D eigenvalue weighted by Gasteiger charge is 2.35. The molecule has 0 saturated carbocycles. The van der Waals surface area contributed by atoms with E-state index in [4.69, 9.17) is 5.26 Å². The van der Waals surface area contributed by atoms with E-state index in [1.165, 1.54) is 0 Å². The molecule has 0 radical (unpaired) electrons. The van der Waals surface area contributed by atoms with Gasteiger partial charge in [-0.05, 0) is 19.3 Å². The first-order valence-electron chi connectivity index (χ1n) is 6.66. The molecule has 1 aromatic rings. The summed E-state index contributed by atoms with van der Waals surface area (Å²) in [5.74, 6) is 0.437. The van der Waals surface area contributed by atoms with E-state index in [2.05, 4.69) is 23.3 Å². The molecule has 1 fully saturated rings. The lowest BCUT2D eigenvalue weighted by Crippen LogP contribution is -2.52. The van der Waals surface area contributed by atoms with Crippen LogP contribution in [0.2, 0.25) is 0 Å². The van der Waals surface area contributed by atoms with Crippen LogP contribution >= 0.6 is 0 Å². The molecule has 5 nitrogen and oxygen atoms in total. The smallest absolute Gasteiger partial charge is 0.226 e. The van der Waals surface area contributed by atoms with E-state index in [-0.39, 0.29) is 17.9 Å². The summed E-state index contributed by atoms with van der Waals surface area (Å²) in [4.78, 5) is 14.1. The SMILES string of the molecule is N#Cc1cnn(C2CN(C(=O)C3CC=CCC3)C2)c1. The van der Waals surface area contributed by atoms with Gasteiger partial charge < -0.3 is 4.90 Å². The highest BCUT2D eigenvalue weighted by atomic mass is 16.2. The lowest BCUT2D eigenvalue weighted by molar-refractivity contribution is -0.141. The third-order valence-corrected chi connectivity index (χ3v) is 3.90. The molecule has 1 unspecified atom stereocenters. The maximum Gasteiger partial charge on any atom is 0.226 e. The van der Waals surface area contributed by atoms with Crippen molar-refractivity contribution in [2.24, 2.45) is 5.92 Å². The zero-order valence-electron chi connectivity index (χ0n) is 10.7. The number of carbonyl (C=O) groups is 1. The van der Waals surface area contributed by atoms with Crippen molar-refractivity contribution in [1.29, 1.82) is 5.26 Å². The number of nitrogens with zero attached hydrogens (tertiary/aromatic N) is 4. The molecule has 1 aliphatic carbocycles. The van der Waals surface area contributed by atoms with E-state index in [1.807, 2.05) is 4.90 Å². The monoisotopic (exact) mass is 256 g/mol. The van der Waals surface area contributed by atoms with E-state index in [9.17, 15) is 4.79 Å². The van der Waals surface area contributed by atoms with Gasteiger partial charge >= 0.3 is 0 Å². The van der Waals surface area contributed by atoms with E-state index in [0.29, 0.717) is 18.7 Å². The van der Waals surface area contributed by atoms with Gasteiger partial charge in [0.15, 0.2) is 0 Å². The first kappa shape index (κ1) is 12.0. The Bertz CT molecular complexity index is 548. The van der Waals surface area contributed by atoms with E-state index in [1.54, 1.807) is 17.1 Å². The van der Waals surface area contributed by atoms with Crippen LogP contribution in [0.4, 0.5) is 0 Å². The van der Waals surface area contributed by atoms with Crippen molar-refractivity contribution >= 4 is 5.91 Å². The van der Waals surface area contributed by atoms with Crippen LogP contribution in [0.15, 0.2) is 24.5 Å². The number of nitriles is 1. The van der Waals surface area contributed by atoms with E-state index < -0.39 is 0 Å². The van der Waals surface area contributed by atoms with Crippen LogP contribution in [-0.4, -0.2) is 33.7 Å². The second-order valence-corrected chi connectivity index (χ2v) is 5.20. The Morgan fingerprint density at radius 3 is 2.89 bits per heavy atom. The molecule has 2 heterocycles. The van der Waals surface area contributed by atoms with E-state index >= 15 is 0 Å². The van der Waals surface area contributed by atoms with Crippen molar-refractivity contribution < 1.29 is 4.79 Å². The molecule has 0 N–H and O–H groups in total. The van der Waals surface area contributed by atoms with Crippen LogP contribution in [-0.2, 0) is 4.79 Å². The quantitative estimate of drug-likeness (QED) is 0.753. The summed E-state index contributed by atoms with van der Waals surface area (Å²) in [6.45, 7) is 1.43. The van der Waals surface area contributed by atoms with Crippen molar-refractivity contribution in [2.45, 2.75) is 25.3 Å². The highest BCUT2D eigenvalue weighted by Crippen LogP contribution is 2.27. The molecule has 19 heavy (non-hydrogen) atoms. The molecule has 0 aromatic carbocycles. The van der Waals surface area contributed by atoms with Crippen LogP contribution in [0.1, 0.15) is 30.9 Å². The summed E-state index contributed by atoms with van der Waals surface area (Å²) in [6, 6.07) is 2.29. The summed E-state index contributed by atoms with van der Waals surface area (Å²) in [5, 5.41) is 12.9. The summed E-state index contributed by atoms with van der Waals surface area (Å²) >= 11 is 0. The molecule has 3 rings (SSSR count). The Morgan fingerprint density at radius 2 is 2.26 bits per heavy atom. The predicted molar refractivity (Wildman–Crippen MR) is 69.0 cm³/mol. The van der Waals surface area contributed by atoms with Gasteiger partial charge in [0.1, 0.15) is 6.07 Å². The van der Waals surface area contributed by atoms with Gasteiger partial charge in [-0.15, -0.1) is 0 Å². The topological polar surface area (TPSA) is 61.9 Å². The zero-order valence-corrected chi connectivity index (χ0v) is 10.7. The van der Waals surface area contributed by atoms with Gasteiger partial charge in [-0.3, -0.25) is 9.48 Å². The standard InChI is InChI=1S/C14H16N4O/c15-6-11-7-16-18(8-11)13-9-17(10-13)14(19)12-4-2-1-3-5-12/h1-2,7-8,12-13H,3-5,9-10H2.